The predicted octanol–water partition coefficient (Wildman–Crippen LogP) is 3.76. The van der Waals surface area contributed by atoms with Gasteiger partial charge in [0, 0.05) is 18.0 Å². The van der Waals surface area contributed by atoms with Crippen LogP contribution >= 0.6 is 0 Å². The number of nitrogens with one attached hydrogen (secondary N) is 1. The number of pyridine rings is 2. The van der Waals surface area contributed by atoms with E-state index in [1.54, 1.807) is 20.8 Å². The van der Waals surface area contributed by atoms with E-state index >= 15 is 0 Å². The van der Waals surface area contributed by atoms with Crippen molar-refractivity contribution in [2.75, 3.05) is 5.75 Å². The number of nitrogens with zero attached hydrogens (tertiary/aromatic N) is 4. The van der Waals surface area contributed by atoms with Gasteiger partial charge in [0.25, 0.3) is 5.91 Å². The van der Waals surface area contributed by atoms with Gasteiger partial charge in [0.05, 0.1) is 35.0 Å². The first-order chi connectivity index (χ1) is 17.6. The molecule has 3 heterocycles. The minimum atomic E-state index is -4.81. The van der Waals surface area contributed by atoms with Crippen molar-refractivity contribution in [1.82, 2.24) is 25.1 Å². The monoisotopic (exact) mass is 555 g/mol. The van der Waals surface area contributed by atoms with Crippen molar-refractivity contribution in [3.63, 3.8) is 0 Å². The molecule has 0 radical (unpaired) electrons. The topological polar surface area (TPSA) is 136 Å². The number of aliphatic hydroxyl groups excluding tert-OH is 1. The summed E-state index contributed by atoms with van der Waals surface area (Å²) in [6, 6.07) is 3.61. The zero-order valence-electron chi connectivity index (χ0n) is 21.4. The van der Waals surface area contributed by atoms with E-state index in [0.717, 1.165) is 12.3 Å². The summed E-state index contributed by atoms with van der Waals surface area (Å²) < 4.78 is 71.8. The second kappa shape index (κ2) is 10.7. The van der Waals surface area contributed by atoms with Crippen LogP contribution in [0.2, 0.25) is 0 Å². The van der Waals surface area contributed by atoms with E-state index in [1.165, 1.54) is 36.9 Å². The van der Waals surface area contributed by atoms with Gasteiger partial charge in [-0.05, 0) is 51.5 Å². The molecule has 206 valence electrons. The van der Waals surface area contributed by atoms with Crippen molar-refractivity contribution >= 4 is 15.7 Å². The molecule has 0 atom stereocenters. The SMILES string of the molecule is CCS(=O)(=O)c1ccc(CNC(=O)c2nn(C(C)(C)C)c(Oc3ncc(CO)cc3C(F)(F)F)c2C)nc1. The lowest BCUT2D eigenvalue weighted by molar-refractivity contribution is -0.139. The number of ether oxygens (including phenoxy) is 1. The molecule has 0 unspecified atom stereocenters. The molecule has 10 nitrogen and oxygen atoms in total. The number of rotatable bonds is 8. The van der Waals surface area contributed by atoms with Gasteiger partial charge in [-0.25, -0.2) is 18.1 Å². The predicted molar refractivity (Wildman–Crippen MR) is 130 cm³/mol. The van der Waals surface area contributed by atoms with Gasteiger partial charge in [-0.15, -0.1) is 0 Å². The van der Waals surface area contributed by atoms with Gasteiger partial charge in [-0.1, -0.05) is 6.92 Å². The van der Waals surface area contributed by atoms with Crippen LogP contribution in [0.1, 0.15) is 60.6 Å². The first kappa shape index (κ1) is 29.0. The largest absolute Gasteiger partial charge is 0.421 e. The first-order valence-corrected chi connectivity index (χ1v) is 13.1. The Labute approximate surface area is 217 Å². The van der Waals surface area contributed by atoms with Crippen LogP contribution in [0.25, 0.3) is 0 Å². The maximum atomic E-state index is 13.7. The molecule has 0 saturated carbocycles. The van der Waals surface area contributed by atoms with Crippen molar-refractivity contribution in [1.29, 1.82) is 0 Å². The van der Waals surface area contributed by atoms with Crippen LogP contribution in [0.3, 0.4) is 0 Å². The normalized spacial score (nSPS) is 12.4. The van der Waals surface area contributed by atoms with Gasteiger partial charge in [0.15, 0.2) is 15.5 Å². The van der Waals surface area contributed by atoms with E-state index in [0.29, 0.717) is 5.69 Å². The highest BCUT2D eigenvalue weighted by Crippen LogP contribution is 2.39. The lowest BCUT2D eigenvalue weighted by atomic mass is 10.1. The van der Waals surface area contributed by atoms with Crippen LogP contribution in [0.5, 0.6) is 11.8 Å². The molecule has 0 aliphatic carbocycles. The van der Waals surface area contributed by atoms with Crippen LogP contribution in [0, 0.1) is 6.92 Å². The van der Waals surface area contributed by atoms with Gasteiger partial charge in [0.2, 0.25) is 11.8 Å². The van der Waals surface area contributed by atoms with Crippen molar-refractivity contribution in [3.8, 4) is 11.8 Å². The number of sulfone groups is 1. The van der Waals surface area contributed by atoms with E-state index in [-0.39, 0.29) is 39.9 Å². The van der Waals surface area contributed by atoms with Crippen LogP contribution in [-0.2, 0) is 34.7 Å². The summed E-state index contributed by atoms with van der Waals surface area (Å²) in [5.41, 5.74) is -1.53. The number of aromatic nitrogens is 4. The van der Waals surface area contributed by atoms with E-state index in [9.17, 15) is 31.5 Å². The Morgan fingerprint density at radius 1 is 1.16 bits per heavy atom. The summed E-state index contributed by atoms with van der Waals surface area (Å²) in [4.78, 5) is 20.9. The third kappa shape index (κ3) is 6.30. The minimum absolute atomic E-state index is 0.0419. The van der Waals surface area contributed by atoms with E-state index in [1.807, 2.05) is 0 Å². The smallest absolute Gasteiger partial charge is 0.420 e. The fourth-order valence-electron chi connectivity index (χ4n) is 3.35. The highest BCUT2D eigenvalue weighted by molar-refractivity contribution is 7.91. The molecule has 3 aromatic heterocycles. The zero-order valence-corrected chi connectivity index (χ0v) is 22.2. The highest BCUT2D eigenvalue weighted by atomic mass is 32.2. The molecule has 0 bridgehead atoms. The molecule has 0 aliphatic heterocycles. The molecular weight excluding hydrogens is 527 g/mol. The highest BCUT2D eigenvalue weighted by Gasteiger charge is 2.37. The van der Waals surface area contributed by atoms with Gasteiger partial charge >= 0.3 is 6.18 Å². The Morgan fingerprint density at radius 2 is 1.84 bits per heavy atom. The second-order valence-corrected chi connectivity index (χ2v) is 11.7. The Kier molecular flexibility index (Phi) is 8.17. The fourth-order valence-corrected chi connectivity index (χ4v) is 4.17. The third-order valence-electron chi connectivity index (χ3n) is 5.47. The van der Waals surface area contributed by atoms with Crippen molar-refractivity contribution in [2.24, 2.45) is 0 Å². The summed E-state index contributed by atoms with van der Waals surface area (Å²) in [5.74, 6) is -1.57. The Balaban J connectivity index is 1.91. The van der Waals surface area contributed by atoms with Crippen LogP contribution in [0.15, 0.2) is 35.5 Å². The number of aliphatic hydroxyl groups is 1. The molecule has 3 aromatic rings. The molecule has 14 heteroatoms. The molecule has 0 saturated heterocycles. The van der Waals surface area contributed by atoms with Crippen molar-refractivity contribution in [2.45, 2.75) is 64.4 Å². The summed E-state index contributed by atoms with van der Waals surface area (Å²) in [5, 5.41) is 16.2. The van der Waals surface area contributed by atoms with Crippen LogP contribution in [0.4, 0.5) is 13.2 Å². The maximum Gasteiger partial charge on any atom is 0.421 e. The minimum Gasteiger partial charge on any atom is -0.420 e. The molecule has 1 amide bonds. The lowest BCUT2D eigenvalue weighted by Gasteiger charge is -2.22. The van der Waals surface area contributed by atoms with Gasteiger partial charge < -0.3 is 15.2 Å². The zero-order chi connectivity index (χ0) is 28.5. The Hall–Kier alpha value is -3.52. The standard InChI is InChI=1S/C24H28F3N5O5S/c1-6-38(35,36)17-8-7-16(28-12-17)11-29-20(34)19-14(2)22(32(31-19)23(3,4)5)37-21-18(24(25,26)27)9-15(13-33)10-30-21/h7-10,12,33H,6,11,13H2,1-5H3,(H,29,34). The molecule has 3 rings (SSSR count). The van der Waals surface area contributed by atoms with Crippen molar-refractivity contribution in [3.05, 3.63) is 58.7 Å². The number of hydrogen-bond acceptors (Lipinski definition) is 8. The Bertz CT molecular complexity index is 1430. The fraction of sp³-hybridized carbons (Fsp3) is 0.417. The number of carbonyl (C=O) groups is 1. The number of halogens is 3. The number of hydrogen-bond donors (Lipinski definition) is 2. The Morgan fingerprint density at radius 3 is 2.37 bits per heavy atom. The van der Waals surface area contributed by atoms with Gasteiger partial charge in [0.1, 0.15) is 5.56 Å². The third-order valence-corrected chi connectivity index (χ3v) is 7.19. The summed E-state index contributed by atoms with van der Waals surface area (Å²) in [7, 11) is -3.42. The first-order valence-electron chi connectivity index (χ1n) is 11.5. The molecule has 0 fully saturated rings. The number of amides is 1. The molecule has 0 aliphatic rings. The summed E-state index contributed by atoms with van der Waals surface area (Å²) in [6.45, 7) is 7.52. The average molecular weight is 556 g/mol. The van der Waals surface area contributed by atoms with E-state index in [4.69, 9.17) is 4.74 Å². The molecule has 38 heavy (non-hydrogen) atoms. The quantitative estimate of drug-likeness (QED) is 0.429. The van der Waals surface area contributed by atoms with Crippen LogP contribution < -0.4 is 10.1 Å². The van der Waals surface area contributed by atoms with Crippen molar-refractivity contribution < 1.29 is 36.2 Å². The number of carbonyl (C=O) groups excluding carboxylic acids is 1. The van der Waals surface area contributed by atoms with Gasteiger partial charge in [-0.3, -0.25) is 9.78 Å². The average Bonchev–Trinajstić information content (AvgIpc) is 3.18. The lowest BCUT2D eigenvalue weighted by Crippen LogP contribution is -2.27. The van der Waals surface area contributed by atoms with Gasteiger partial charge in [-0.2, -0.15) is 18.3 Å². The molecule has 2 N–H and O–H groups in total. The summed E-state index contributed by atoms with van der Waals surface area (Å²) in [6.07, 6.45) is -2.54. The van der Waals surface area contributed by atoms with E-state index in [2.05, 4.69) is 20.4 Å². The molecular formula is C24H28F3N5O5S. The number of alkyl halides is 3. The maximum absolute atomic E-state index is 13.7. The molecule has 0 spiro atoms. The molecule has 0 aromatic carbocycles. The van der Waals surface area contributed by atoms with Crippen LogP contribution in [-0.4, -0.2) is 44.9 Å². The second-order valence-electron chi connectivity index (χ2n) is 9.39. The van der Waals surface area contributed by atoms with E-state index < -0.39 is 45.5 Å². The summed E-state index contributed by atoms with van der Waals surface area (Å²) >= 11 is 0.